The van der Waals surface area contributed by atoms with Crippen molar-refractivity contribution < 1.29 is 32.6 Å². The molecule has 6 aromatic rings. The minimum atomic E-state index is -0.894. The summed E-state index contributed by atoms with van der Waals surface area (Å²) in [6.07, 6.45) is 7.90. The Bertz CT molecular complexity index is 3000. The molecule has 3 aliphatic heterocycles. The third-order valence-corrected chi connectivity index (χ3v) is 13.4. The molecule has 15 nitrogen and oxygen atoms in total. The van der Waals surface area contributed by atoms with Crippen LogP contribution in [0.1, 0.15) is 166 Å². The zero-order chi connectivity index (χ0) is 52.1. The number of carbonyl (C=O) groups is 2. The lowest BCUT2D eigenvalue weighted by molar-refractivity contribution is -0.290. The van der Waals surface area contributed by atoms with Crippen molar-refractivity contribution in [2.45, 2.75) is 175 Å². The lowest BCUT2D eigenvalue weighted by Gasteiger charge is -2.39. The highest BCUT2D eigenvalue weighted by Gasteiger charge is 2.39. The predicted octanol–water partition coefficient (Wildman–Crippen LogP) is 11.2. The molecule has 0 aliphatic carbocycles. The first-order valence-corrected chi connectivity index (χ1v) is 24.8. The Kier molecular flexibility index (Phi) is 14.3. The molecule has 4 aromatic heterocycles. The van der Waals surface area contributed by atoms with E-state index >= 15 is 0 Å². The van der Waals surface area contributed by atoms with Crippen LogP contribution in [0.15, 0.2) is 54.6 Å². The molecule has 2 atom stereocenters. The fourth-order valence-electron chi connectivity index (χ4n) is 9.96. The van der Waals surface area contributed by atoms with Crippen molar-refractivity contribution in [3.63, 3.8) is 0 Å². The summed E-state index contributed by atoms with van der Waals surface area (Å²) in [4.78, 5) is 34.8. The number of aldehydes is 1. The number of halogens is 2. The molecule has 0 amide bonds. The molecule has 9 rings (SSSR count). The molecule has 1 fully saturated rings. The van der Waals surface area contributed by atoms with E-state index in [4.69, 9.17) is 24.2 Å². The third kappa shape index (κ3) is 10.8. The summed E-state index contributed by atoms with van der Waals surface area (Å²) >= 11 is 0. The largest absolute Gasteiger partial charge is 0.460 e. The van der Waals surface area contributed by atoms with Gasteiger partial charge in [-0.3, -0.25) is 9.59 Å². The summed E-state index contributed by atoms with van der Waals surface area (Å²) in [7, 11) is 0. The highest BCUT2D eigenvalue weighted by atomic mass is 19.1. The summed E-state index contributed by atoms with van der Waals surface area (Å²) in [5, 5.41) is 25.1. The molecule has 1 saturated heterocycles. The van der Waals surface area contributed by atoms with Crippen molar-refractivity contribution in [3.05, 3.63) is 99.9 Å². The number of hydrogen-bond acceptors (Lipinski definition) is 13. The first-order valence-electron chi connectivity index (χ1n) is 24.8. The van der Waals surface area contributed by atoms with E-state index in [2.05, 4.69) is 78.7 Å². The van der Waals surface area contributed by atoms with Gasteiger partial charge in [-0.15, -0.1) is 10.2 Å². The third-order valence-electron chi connectivity index (χ3n) is 13.4. The first kappa shape index (κ1) is 51.9. The minimum absolute atomic E-state index is 0.0327. The van der Waals surface area contributed by atoms with Gasteiger partial charge in [-0.05, 0) is 178 Å². The lowest BCUT2D eigenvalue weighted by atomic mass is 9.86. The summed E-state index contributed by atoms with van der Waals surface area (Å²) < 4.78 is 49.3. The zero-order valence-electron chi connectivity index (χ0n) is 43.7. The van der Waals surface area contributed by atoms with Gasteiger partial charge in [0, 0.05) is 17.5 Å². The van der Waals surface area contributed by atoms with Crippen molar-refractivity contribution in [2.75, 3.05) is 0 Å². The highest BCUT2D eigenvalue weighted by Crippen LogP contribution is 2.44. The number of hydrogen-bond donors (Lipinski definition) is 0. The number of aromatic nitrogens is 10. The van der Waals surface area contributed by atoms with Gasteiger partial charge in [-0.1, -0.05) is 64.1 Å². The second-order valence-electron chi connectivity index (χ2n) is 22.3. The van der Waals surface area contributed by atoms with Gasteiger partial charge in [0.15, 0.2) is 12.1 Å². The average Bonchev–Trinajstić information content (AvgIpc) is 3.97. The SMILES string of the molecule is CC(C)c1nc2c(c(-c3ccc(F)cc3)c1/C=C/[C@@H]1C[C@H](CC(=O)OC(C)(C)C)OC(C)(C)O1)CCC(C)(C)n1nnnc1-2.CC(C)c1nc2c(c(-c3ccc(F)cc3)c1C=O)CCC(C)(C)n1nnnc1-2. The zero-order valence-corrected chi connectivity index (χ0v) is 43.7. The van der Waals surface area contributed by atoms with Gasteiger partial charge < -0.3 is 14.2 Å². The van der Waals surface area contributed by atoms with E-state index < -0.39 is 11.4 Å². The number of nitrogens with zero attached hydrogens (tertiary/aromatic N) is 10. The number of ether oxygens (including phenoxy) is 3. The fourth-order valence-corrected chi connectivity index (χ4v) is 9.96. The lowest BCUT2D eigenvalue weighted by Crippen LogP contribution is -2.45. The molecule has 380 valence electrons. The molecule has 0 saturated carbocycles. The Morgan fingerprint density at radius 1 is 0.736 bits per heavy atom. The monoisotopic (exact) mass is 985 g/mol. The maximum atomic E-state index is 14.1. The van der Waals surface area contributed by atoms with E-state index in [1.165, 1.54) is 24.3 Å². The van der Waals surface area contributed by atoms with Gasteiger partial charge in [-0.2, -0.15) is 0 Å². The van der Waals surface area contributed by atoms with Crippen LogP contribution >= 0.6 is 0 Å². The van der Waals surface area contributed by atoms with Gasteiger partial charge in [-0.25, -0.2) is 28.1 Å². The number of benzene rings is 2. The van der Waals surface area contributed by atoms with Crippen LogP contribution in [0.4, 0.5) is 8.78 Å². The highest BCUT2D eigenvalue weighted by molar-refractivity contribution is 5.93. The topological polar surface area (TPSA) is 175 Å². The Morgan fingerprint density at radius 3 is 1.64 bits per heavy atom. The molecule has 7 heterocycles. The quantitative estimate of drug-likeness (QED) is 0.0989. The molecule has 2 aromatic carbocycles. The molecule has 72 heavy (non-hydrogen) atoms. The van der Waals surface area contributed by atoms with Crippen LogP contribution in [0.5, 0.6) is 0 Å². The van der Waals surface area contributed by atoms with Gasteiger partial charge in [0.05, 0.1) is 41.1 Å². The first-order chi connectivity index (χ1) is 33.9. The average molecular weight is 985 g/mol. The molecule has 17 heteroatoms. The van der Waals surface area contributed by atoms with Crippen molar-refractivity contribution in [2.24, 2.45) is 0 Å². The molecule has 0 radical (unpaired) electrons. The predicted molar refractivity (Wildman–Crippen MR) is 270 cm³/mol. The Hall–Kier alpha value is -6.46. The second-order valence-corrected chi connectivity index (χ2v) is 22.3. The molecule has 0 bridgehead atoms. The summed E-state index contributed by atoms with van der Waals surface area (Å²) in [5.41, 5.74) is 8.77. The standard InChI is InChI=1S/C34H44FN5O4.C21H22FN5O/c1-20(2)29-25(15-14-23-18-24(43-34(8,9)42-23)19-27(41)44-32(3,4)5)28(21-10-12-22(35)13-11-21)26-16-17-33(6,7)40-31(30(26)36-29)37-38-39-40;1-12(2)18-16(11-28)17(13-5-7-14(22)8-6-13)15-9-10-21(3,4)27-20(19(15)23-18)24-25-26-27/h10-15,20,23-24H,16-19H2,1-9H3;5-8,11-12H,9-10H2,1-4H3/b15-14+;/t23-,24-;/m1./s1. The van der Waals surface area contributed by atoms with Crippen LogP contribution in [0, 0.1) is 11.6 Å². The number of esters is 1. The summed E-state index contributed by atoms with van der Waals surface area (Å²) in [6, 6.07) is 12.9. The van der Waals surface area contributed by atoms with E-state index in [1.807, 2.05) is 76.0 Å². The van der Waals surface area contributed by atoms with Crippen molar-refractivity contribution in [1.82, 2.24) is 50.4 Å². The second kappa shape index (κ2) is 19.9. The molecular weight excluding hydrogens is 919 g/mol. The number of pyridine rings is 2. The number of rotatable bonds is 9. The van der Waals surface area contributed by atoms with E-state index in [0.29, 0.717) is 41.4 Å². The van der Waals surface area contributed by atoms with Crippen LogP contribution in [-0.4, -0.2) is 86.2 Å². The van der Waals surface area contributed by atoms with Crippen LogP contribution in [0.25, 0.3) is 51.4 Å². The molecule has 0 N–H and O–H groups in total. The molecule has 0 unspecified atom stereocenters. The van der Waals surface area contributed by atoms with Crippen LogP contribution in [-0.2, 0) is 42.9 Å². The summed E-state index contributed by atoms with van der Waals surface area (Å²) in [5.74, 6) is -0.488. The molecule has 0 spiro atoms. The van der Waals surface area contributed by atoms with E-state index in [1.54, 1.807) is 12.1 Å². The van der Waals surface area contributed by atoms with Crippen LogP contribution in [0.2, 0.25) is 0 Å². The van der Waals surface area contributed by atoms with Crippen molar-refractivity contribution in [3.8, 4) is 45.3 Å². The number of tetrazole rings is 2. The Balaban J connectivity index is 0.000000212. The molecule has 3 aliphatic rings. The smallest absolute Gasteiger partial charge is 0.308 e. The Labute approximate surface area is 420 Å². The van der Waals surface area contributed by atoms with E-state index in [-0.39, 0.29) is 59.1 Å². The normalized spacial score (nSPS) is 18.8. The van der Waals surface area contributed by atoms with E-state index in [9.17, 15) is 18.4 Å². The molecular formula is C55H66F2N10O5. The number of carbonyl (C=O) groups excluding carboxylic acids is 2. The van der Waals surface area contributed by atoms with Crippen molar-refractivity contribution >= 4 is 18.3 Å². The summed E-state index contributed by atoms with van der Waals surface area (Å²) in [6.45, 7) is 25.9. The van der Waals surface area contributed by atoms with Gasteiger partial charge in [0.2, 0.25) is 11.6 Å². The van der Waals surface area contributed by atoms with Gasteiger partial charge in [0.1, 0.15) is 28.6 Å². The maximum Gasteiger partial charge on any atom is 0.308 e. The van der Waals surface area contributed by atoms with Gasteiger partial charge >= 0.3 is 5.97 Å². The van der Waals surface area contributed by atoms with Crippen molar-refractivity contribution in [1.29, 1.82) is 0 Å². The van der Waals surface area contributed by atoms with Crippen LogP contribution < -0.4 is 0 Å². The van der Waals surface area contributed by atoms with Crippen LogP contribution in [0.3, 0.4) is 0 Å². The van der Waals surface area contributed by atoms with Gasteiger partial charge in [0.25, 0.3) is 0 Å². The number of fused-ring (bicyclic) bond motifs is 6. The Morgan fingerprint density at radius 2 is 1.19 bits per heavy atom. The van der Waals surface area contributed by atoms with E-state index in [0.717, 1.165) is 75.9 Å². The fraction of sp³-hybridized carbons (Fsp3) is 0.491. The maximum absolute atomic E-state index is 14.1. The minimum Gasteiger partial charge on any atom is -0.460 e.